The van der Waals surface area contributed by atoms with Crippen molar-refractivity contribution in [3.05, 3.63) is 52.2 Å². The second kappa shape index (κ2) is 4.11. The lowest BCUT2D eigenvalue weighted by molar-refractivity contribution is 1.32. The fraction of sp³-hybridized carbons (Fsp3) is 0. The fourth-order valence-electron chi connectivity index (χ4n) is 1.22. The van der Waals surface area contributed by atoms with Crippen molar-refractivity contribution in [1.29, 1.82) is 0 Å². The highest BCUT2D eigenvalue weighted by Gasteiger charge is 2.01. The van der Waals surface area contributed by atoms with Crippen LogP contribution in [0.2, 0.25) is 5.02 Å². The van der Waals surface area contributed by atoms with E-state index in [1.165, 1.54) is 0 Å². The molecule has 0 spiro atoms. The first-order valence-electron chi connectivity index (χ1n) is 4.13. The largest absolute Gasteiger partial charge is 0.264 e. The van der Waals surface area contributed by atoms with Crippen molar-refractivity contribution < 1.29 is 0 Å². The summed E-state index contributed by atoms with van der Waals surface area (Å²) in [6.45, 7) is 0. The van der Waals surface area contributed by atoms with Crippen molar-refractivity contribution in [3.63, 3.8) is 0 Å². The van der Waals surface area contributed by atoms with Crippen LogP contribution >= 0.6 is 27.5 Å². The molecule has 0 aliphatic rings. The zero-order valence-electron chi connectivity index (χ0n) is 7.24. The molecule has 3 heteroatoms. The highest BCUT2D eigenvalue weighted by molar-refractivity contribution is 9.10. The summed E-state index contributed by atoms with van der Waals surface area (Å²) in [5.41, 5.74) is 2.18. The molecule has 1 aromatic heterocycles. The summed E-state index contributed by atoms with van der Waals surface area (Å²) in [5, 5.41) is 0.744. The Balaban J connectivity index is 2.50. The molecule has 14 heavy (non-hydrogen) atoms. The standard InChI is InChI=1S/C11H7BrClN/c12-11-5-6-14-7-10(11)8-1-3-9(13)4-2-8/h1-7H. The SMILES string of the molecule is Clc1ccc(-c2cnccc2Br)cc1. The van der Waals surface area contributed by atoms with Gasteiger partial charge in [-0.15, -0.1) is 0 Å². The second-order valence-corrected chi connectivity index (χ2v) is 4.15. The van der Waals surface area contributed by atoms with Crippen molar-refractivity contribution in [1.82, 2.24) is 4.98 Å². The van der Waals surface area contributed by atoms with Crippen LogP contribution in [0.1, 0.15) is 0 Å². The molecule has 0 saturated carbocycles. The van der Waals surface area contributed by atoms with Gasteiger partial charge in [-0.05, 0) is 23.8 Å². The summed E-state index contributed by atoms with van der Waals surface area (Å²) in [5.74, 6) is 0. The number of hydrogen-bond acceptors (Lipinski definition) is 1. The molecular formula is C11H7BrClN. The Bertz CT molecular complexity index is 439. The maximum absolute atomic E-state index is 5.81. The van der Waals surface area contributed by atoms with Gasteiger partial charge in [0.05, 0.1) is 0 Å². The van der Waals surface area contributed by atoms with Crippen LogP contribution in [-0.4, -0.2) is 4.98 Å². The van der Waals surface area contributed by atoms with E-state index in [1.54, 1.807) is 6.20 Å². The van der Waals surface area contributed by atoms with E-state index in [0.29, 0.717) is 0 Å². The van der Waals surface area contributed by atoms with Crippen molar-refractivity contribution in [2.45, 2.75) is 0 Å². The van der Waals surface area contributed by atoms with Gasteiger partial charge in [-0.2, -0.15) is 0 Å². The maximum Gasteiger partial charge on any atom is 0.0406 e. The molecule has 0 aliphatic heterocycles. The van der Waals surface area contributed by atoms with Gasteiger partial charge in [0, 0.05) is 27.5 Å². The topological polar surface area (TPSA) is 12.9 Å². The molecule has 0 atom stereocenters. The van der Waals surface area contributed by atoms with Crippen LogP contribution < -0.4 is 0 Å². The van der Waals surface area contributed by atoms with Gasteiger partial charge < -0.3 is 0 Å². The monoisotopic (exact) mass is 267 g/mol. The van der Waals surface area contributed by atoms with Gasteiger partial charge in [0.1, 0.15) is 0 Å². The van der Waals surface area contributed by atoms with Crippen molar-refractivity contribution in [3.8, 4) is 11.1 Å². The molecular weight excluding hydrogens is 261 g/mol. The molecule has 0 amide bonds. The van der Waals surface area contributed by atoms with Gasteiger partial charge >= 0.3 is 0 Å². The molecule has 0 radical (unpaired) electrons. The van der Waals surface area contributed by atoms with Crippen LogP contribution in [0.25, 0.3) is 11.1 Å². The first kappa shape index (κ1) is 9.69. The average Bonchev–Trinajstić information content (AvgIpc) is 2.20. The number of hydrogen-bond donors (Lipinski definition) is 0. The normalized spacial score (nSPS) is 10.1. The molecule has 0 unspecified atom stereocenters. The fourth-order valence-corrected chi connectivity index (χ4v) is 1.79. The minimum Gasteiger partial charge on any atom is -0.264 e. The van der Waals surface area contributed by atoms with E-state index in [9.17, 15) is 0 Å². The number of halogens is 2. The lowest BCUT2D eigenvalue weighted by Crippen LogP contribution is -1.80. The van der Waals surface area contributed by atoms with Gasteiger partial charge in [-0.3, -0.25) is 4.98 Å². The molecule has 0 bridgehead atoms. The predicted molar refractivity (Wildman–Crippen MR) is 62.4 cm³/mol. The molecule has 70 valence electrons. The summed E-state index contributed by atoms with van der Waals surface area (Å²) < 4.78 is 1.04. The lowest BCUT2D eigenvalue weighted by atomic mass is 10.1. The molecule has 0 fully saturated rings. The summed E-state index contributed by atoms with van der Waals surface area (Å²) in [4.78, 5) is 4.08. The van der Waals surface area contributed by atoms with E-state index < -0.39 is 0 Å². The van der Waals surface area contributed by atoms with Gasteiger partial charge in [0.25, 0.3) is 0 Å². The molecule has 0 N–H and O–H groups in total. The second-order valence-electron chi connectivity index (χ2n) is 2.86. The molecule has 1 aromatic carbocycles. The third kappa shape index (κ3) is 1.97. The summed E-state index contributed by atoms with van der Waals surface area (Å²) in [6.07, 6.45) is 3.58. The van der Waals surface area contributed by atoms with E-state index >= 15 is 0 Å². The van der Waals surface area contributed by atoms with Crippen molar-refractivity contribution in [2.24, 2.45) is 0 Å². The van der Waals surface area contributed by atoms with E-state index in [-0.39, 0.29) is 0 Å². The molecule has 2 aromatic rings. The Labute approximate surface area is 95.9 Å². The van der Waals surface area contributed by atoms with Gasteiger partial charge in [0.15, 0.2) is 0 Å². The van der Waals surface area contributed by atoms with Crippen LogP contribution in [0.5, 0.6) is 0 Å². The van der Waals surface area contributed by atoms with E-state index in [1.807, 2.05) is 36.5 Å². The summed E-state index contributed by atoms with van der Waals surface area (Å²) in [6, 6.07) is 9.62. The van der Waals surface area contributed by atoms with Crippen molar-refractivity contribution in [2.75, 3.05) is 0 Å². The molecule has 1 nitrogen and oxygen atoms in total. The van der Waals surface area contributed by atoms with E-state index in [2.05, 4.69) is 20.9 Å². The van der Waals surface area contributed by atoms with Gasteiger partial charge in [-0.1, -0.05) is 39.7 Å². The van der Waals surface area contributed by atoms with Gasteiger partial charge in [-0.25, -0.2) is 0 Å². The minimum atomic E-state index is 0.744. The minimum absolute atomic E-state index is 0.744. The Morgan fingerprint density at radius 1 is 1.07 bits per heavy atom. The first-order valence-corrected chi connectivity index (χ1v) is 5.30. The predicted octanol–water partition coefficient (Wildman–Crippen LogP) is 4.16. The molecule has 0 aliphatic carbocycles. The Hall–Kier alpha value is -0.860. The van der Waals surface area contributed by atoms with Crippen molar-refractivity contribution >= 4 is 27.5 Å². The Morgan fingerprint density at radius 2 is 1.79 bits per heavy atom. The molecule has 0 saturated heterocycles. The Kier molecular flexibility index (Phi) is 2.85. The van der Waals surface area contributed by atoms with Crippen LogP contribution in [0.3, 0.4) is 0 Å². The summed E-state index contributed by atoms with van der Waals surface area (Å²) in [7, 11) is 0. The first-order chi connectivity index (χ1) is 6.77. The van der Waals surface area contributed by atoms with Crippen LogP contribution in [0.4, 0.5) is 0 Å². The van der Waals surface area contributed by atoms with E-state index in [4.69, 9.17) is 11.6 Å². The number of nitrogens with zero attached hydrogens (tertiary/aromatic N) is 1. The number of aromatic nitrogens is 1. The number of benzene rings is 1. The van der Waals surface area contributed by atoms with Crippen LogP contribution in [0, 0.1) is 0 Å². The lowest BCUT2D eigenvalue weighted by Gasteiger charge is -2.03. The molecule has 1 heterocycles. The smallest absolute Gasteiger partial charge is 0.0406 e. The zero-order valence-corrected chi connectivity index (χ0v) is 9.59. The zero-order chi connectivity index (χ0) is 9.97. The average molecular weight is 269 g/mol. The maximum atomic E-state index is 5.81. The Morgan fingerprint density at radius 3 is 2.43 bits per heavy atom. The molecule has 2 rings (SSSR count). The quantitative estimate of drug-likeness (QED) is 0.756. The number of rotatable bonds is 1. The van der Waals surface area contributed by atoms with Crippen LogP contribution in [0.15, 0.2) is 47.2 Å². The third-order valence-electron chi connectivity index (χ3n) is 1.92. The highest BCUT2D eigenvalue weighted by atomic mass is 79.9. The number of pyridine rings is 1. The summed E-state index contributed by atoms with van der Waals surface area (Å²) >= 11 is 9.29. The highest BCUT2D eigenvalue weighted by Crippen LogP contribution is 2.27. The third-order valence-corrected chi connectivity index (χ3v) is 2.87. The van der Waals surface area contributed by atoms with E-state index in [0.717, 1.165) is 20.6 Å². The van der Waals surface area contributed by atoms with Crippen LogP contribution in [-0.2, 0) is 0 Å². The van der Waals surface area contributed by atoms with Gasteiger partial charge in [0.2, 0.25) is 0 Å².